The van der Waals surface area contributed by atoms with Gasteiger partial charge < -0.3 is 9.47 Å². The van der Waals surface area contributed by atoms with Gasteiger partial charge in [-0.2, -0.15) is 0 Å². The molecule has 0 bridgehead atoms. The second-order valence-corrected chi connectivity index (χ2v) is 4.10. The van der Waals surface area contributed by atoms with Gasteiger partial charge >= 0.3 is 6.16 Å². The smallest absolute Gasteiger partial charge is 0.429 e. The lowest BCUT2D eigenvalue weighted by Gasteiger charge is -2.03. The van der Waals surface area contributed by atoms with Crippen molar-refractivity contribution in [2.24, 2.45) is 0 Å². The summed E-state index contributed by atoms with van der Waals surface area (Å²) < 4.78 is 10.3. The minimum Gasteiger partial charge on any atom is -0.429 e. The fourth-order valence-electron chi connectivity index (χ4n) is 0.316. The maximum atomic E-state index is 10.7. The molecular weight excluding hydrogens is 292 g/mol. The van der Waals surface area contributed by atoms with Crippen LogP contribution in [0, 0.1) is 0 Å². The van der Waals surface area contributed by atoms with Gasteiger partial charge in [0.15, 0.2) is 0 Å². The van der Waals surface area contributed by atoms with E-state index in [0.29, 0.717) is 8.96 Å². The van der Waals surface area contributed by atoms with E-state index in [4.69, 9.17) is 0 Å². The fraction of sp³-hybridized carbons (Fsp3) is 0.286. The zero-order valence-electron chi connectivity index (χ0n) is 6.31. The summed E-state index contributed by atoms with van der Waals surface area (Å²) in [6.07, 6.45) is -0.740. The van der Waals surface area contributed by atoms with Gasteiger partial charge in [-0.15, -0.1) is 0 Å². The van der Waals surface area contributed by atoms with Crippen molar-refractivity contribution < 1.29 is 14.3 Å². The molecule has 0 aliphatic heterocycles. The molecule has 0 amide bonds. The zero-order chi connectivity index (χ0) is 9.56. The lowest BCUT2D eigenvalue weighted by atomic mass is 10.7. The van der Waals surface area contributed by atoms with Gasteiger partial charge in [-0.05, 0) is 0 Å². The highest BCUT2D eigenvalue weighted by Gasteiger charge is 2.03. The maximum absolute atomic E-state index is 10.7. The van der Waals surface area contributed by atoms with E-state index in [1.807, 2.05) is 0 Å². The number of rotatable bonds is 4. The highest BCUT2D eigenvalue weighted by atomic mass is 79.9. The zero-order valence-corrected chi connectivity index (χ0v) is 9.48. The molecule has 3 nitrogen and oxygen atoms in total. The third-order valence-electron chi connectivity index (χ3n) is 0.693. The predicted octanol–water partition coefficient (Wildman–Crippen LogP) is 2.96. The molecule has 0 heterocycles. The molecule has 0 aromatic rings. The van der Waals surface area contributed by atoms with Crippen LogP contribution >= 0.6 is 31.9 Å². The molecule has 0 saturated heterocycles. The molecule has 0 aromatic heterocycles. The first-order valence-electron chi connectivity index (χ1n) is 2.98. The fourth-order valence-corrected chi connectivity index (χ4v) is 0.545. The van der Waals surface area contributed by atoms with E-state index in [1.54, 1.807) is 0 Å². The van der Waals surface area contributed by atoms with Gasteiger partial charge in [0.25, 0.3) is 0 Å². The largest absolute Gasteiger partial charge is 0.508 e. The summed E-state index contributed by atoms with van der Waals surface area (Å²) in [4.78, 5) is 10.7. The van der Waals surface area contributed by atoms with Crippen LogP contribution in [0.5, 0.6) is 0 Å². The van der Waals surface area contributed by atoms with E-state index in [9.17, 15) is 4.79 Å². The Morgan fingerprint density at radius 2 is 1.42 bits per heavy atom. The van der Waals surface area contributed by atoms with Crippen LogP contribution in [0.15, 0.2) is 22.1 Å². The summed E-state index contributed by atoms with van der Waals surface area (Å²) in [5.74, 6) is 0. The monoisotopic (exact) mass is 298 g/mol. The quantitative estimate of drug-likeness (QED) is 0.749. The van der Waals surface area contributed by atoms with Crippen LogP contribution in [-0.4, -0.2) is 19.4 Å². The van der Waals surface area contributed by atoms with Gasteiger partial charge in [-0.25, -0.2) is 4.79 Å². The van der Waals surface area contributed by atoms with Crippen LogP contribution in [0.1, 0.15) is 0 Å². The summed E-state index contributed by atoms with van der Waals surface area (Å²) in [5, 5.41) is 0. The summed E-state index contributed by atoms with van der Waals surface area (Å²) in [6, 6.07) is 0. The van der Waals surface area contributed by atoms with Crippen molar-refractivity contribution in [3.63, 3.8) is 0 Å². The molecule has 5 heteroatoms. The number of hydrogen-bond donors (Lipinski definition) is 0. The van der Waals surface area contributed by atoms with Crippen molar-refractivity contribution in [2.45, 2.75) is 0 Å². The average molecular weight is 300 g/mol. The number of ether oxygens (including phenoxy) is 2. The normalized spacial score (nSPS) is 8.83. The van der Waals surface area contributed by atoms with Gasteiger partial charge in [-0.1, -0.05) is 45.0 Å². The molecule has 0 aliphatic carbocycles. The van der Waals surface area contributed by atoms with Gasteiger partial charge in [0.05, 0.1) is 0 Å². The van der Waals surface area contributed by atoms with Gasteiger partial charge in [0, 0.05) is 8.96 Å². The standard InChI is InChI=1S/C7H8Br2O3/c1-5(8)3-11-7(10)12-4-6(2)9/h1-4H2. The minimum atomic E-state index is -0.740. The van der Waals surface area contributed by atoms with Crippen molar-refractivity contribution in [2.75, 3.05) is 13.2 Å². The van der Waals surface area contributed by atoms with Gasteiger partial charge in [0.1, 0.15) is 13.2 Å². The Bertz CT molecular complexity index is 181. The molecule has 0 atom stereocenters. The average Bonchev–Trinajstić information content (AvgIpc) is 1.96. The molecule has 0 saturated carbocycles. The highest BCUT2D eigenvalue weighted by Crippen LogP contribution is 2.04. The van der Waals surface area contributed by atoms with Crippen molar-refractivity contribution in [3.8, 4) is 0 Å². The van der Waals surface area contributed by atoms with Crippen molar-refractivity contribution >= 4 is 38.0 Å². The van der Waals surface area contributed by atoms with E-state index in [1.165, 1.54) is 0 Å². The molecule has 0 N–H and O–H groups in total. The minimum absolute atomic E-state index is 0.105. The Morgan fingerprint density at radius 3 is 1.67 bits per heavy atom. The Morgan fingerprint density at radius 1 is 1.08 bits per heavy atom. The summed E-state index contributed by atoms with van der Waals surface area (Å²) >= 11 is 6.06. The SMILES string of the molecule is C=C(Br)COC(=O)OCC(=C)Br. The van der Waals surface area contributed by atoms with Gasteiger partial charge in [-0.3, -0.25) is 0 Å². The number of carbonyl (C=O) groups excluding carboxylic acids is 1. The Balaban J connectivity index is 3.47. The lowest BCUT2D eigenvalue weighted by molar-refractivity contribution is 0.0710. The second kappa shape index (κ2) is 6.25. The van der Waals surface area contributed by atoms with Crippen LogP contribution in [0.2, 0.25) is 0 Å². The first kappa shape index (κ1) is 11.7. The van der Waals surface area contributed by atoms with Crippen LogP contribution in [0.3, 0.4) is 0 Å². The van der Waals surface area contributed by atoms with E-state index >= 15 is 0 Å². The van der Waals surface area contributed by atoms with Crippen molar-refractivity contribution in [3.05, 3.63) is 22.1 Å². The molecule has 0 aromatic carbocycles. The Labute approximate surface area is 87.7 Å². The molecule has 12 heavy (non-hydrogen) atoms. The molecule has 0 rings (SSSR count). The molecule has 0 fully saturated rings. The molecule has 0 aliphatic rings. The maximum Gasteiger partial charge on any atom is 0.508 e. The van der Waals surface area contributed by atoms with Crippen LogP contribution in [-0.2, 0) is 9.47 Å². The number of carbonyl (C=O) groups is 1. The summed E-state index contributed by atoms with van der Waals surface area (Å²) in [6.45, 7) is 7.17. The first-order valence-corrected chi connectivity index (χ1v) is 4.57. The first-order chi connectivity index (χ1) is 5.52. The van der Waals surface area contributed by atoms with E-state index in [-0.39, 0.29) is 13.2 Å². The number of halogens is 2. The van der Waals surface area contributed by atoms with Crippen LogP contribution in [0.4, 0.5) is 4.79 Å². The molecule has 68 valence electrons. The van der Waals surface area contributed by atoms with Gasteiger partial charge in [0.2, 0.25) is 0 Å². The van der Waals surface area contributed by atoms with E-state index < -0.39 is 6.16 Å². The third-order valence-corrected chi connectivity index (χ3v) is 1.15. The van der Waals surface area contributed by atoms with E-state index in [0.717, 1.165) is 0 Å². The second-order valence-electron chi connectivity index (χ2n) is 1.86. The Hall–Kier alpha value is -0.290. The van der Waals surface area contributed by atoms with Crippen LogP contribution < -0.4 is 0 Å². The predicted molar refractivity (Wildman–Crippen MR) is 53.4 cm³/mol. The molecular formula is C7H8Br2O3. The van der Waals surface area contributed by atoms with Crippen molar-refractivity contribution in [1.29, 1.82) is 0 Å². The molecule has 0 radical (unpaired) electrons. The third kappa shape index (κ3) is 7.81. The van der Waals surface area contributed by atoms with E-state index in [2.05, 4.69) is 54.5 Å². The highest BCUT2D eigenvalue weighted by molar-refractivity contribution is 9.12. The molecule has 0 unspecified atom stereocenters. The van der Waals surface area contributed by atoms with Crippen molar-refractivity contribution in [1.82, 2.24) is 0 Å². The summed E-state index contributed by atoms with van der Waals surface area (Å²) in [5.41, 5.74) is 0. The lowest BCUT2D eigenvalue weighted by Crippen LogP contribution is -2.08. The molecule has 0 spiro atoms. The number of hydrogen-bond acceptors (Lipinski definition) is 3. The summed E-state index contributed by atoms with van der Waals surface area (Å²) in [7, 11) is 0. The van der Waals surface area contributed by atoms with Crippen LogP contribution in [0.25, 0.3) is 0 Å². The Kier molecular flexibility index (Phi) is 6.10. The topological polar surface area (TPSA) is 35.5 Å².